The van der Waals surface area contributed by atoms with E-state index in [0.29, 0.717) is 15.6 Å². The van der Waals surface area contributed by atoms with Crippen LogP contribution in [0.1, 0.15) is 0 Å². The van der Waals surface area contributed by atoms with Crippen LogP contribution in [-0.2, 0) is 0 Å². The van der Waals surface area contributed by atoms with Crippen molar-refractivity contribution in [3.05, 3.63) is 38.1 Å². The van der Waals surface area contributed by atoms with Gasteiger partial charge in [0.25, 0.3) is 5.69 Å². The van der Waals surface area contributed by atoms with Crippen molar-refractivity contribution in [2.75, 3.05) is 0 Å². The van der Waals surface area contributed by atoms with Gasteiger partial charge in [-0.3, -0.25) is 10.1 Å². The van der Waals surface area contributed by atoms with Crippen molar-refractivity contribution < 1.29 is 4.92 Å². The molecule has 76 valence electrons. The molecular formula is C8H3BrClN3O2. The van der Waals surface area contributed by atoms with Crippen LogP contribution < -0.4 is 0 Å². The summed E-state index contributed by atoms with van der Waals surface area (Å²) < 4.78 is 0.372. The number of fused-ring (bicyclic) bond motifs is 1. The van der Waals surface area contributed by atoms with Gasteiger partial charge in [0, 0.05) is 12.1 Å². The van der Waals surface area contributed by atoms with Crippen LogP contribution in [0.3, 0.4) is 0 Å². The van der Waals surface area contributed by atoms with Gasteiger partial charge >= 0.3 is 0 Å². The molecule has 7 heteroatoms. The maximum atomic E-state index is 10.5. The summed E-state index contributed by atoms with van der Waals surface area (Å²) in [6, 6.07) is 4.23. The zero-order valence-electron chi connectivity index (χ0n) is 7.15. The molecular weight excluding hydrogens is 285 g/mol. The molecule has 0 saturated heterocycles. The molecule has 2 aromatic rings. The summed E-state index contributed by atoms with van der Waals surface area (Å²) >= 11 is 8.84. The number of rotatable bonds is 1. The molecule has 1 aromatic heterocycles. The van der Waals surface area contributed by atoms with Gasteiger partial charge < -0.3 is 0 Å². The molecule has 0 aliphatic carbocycles. The van der Waals surface area contributed by atoms with Gasteiger partial charge in [0.15, 0.2) is 5.15 Å². The first kappa shape index (κ1) is 10.3. The van der Waals surface area contributed by atoms with Crippen molar-refractivity contribution in [1.82, 2.24) is 9.97 Å². The number of aromatic nitrogens is 2. The largest absolute Gasteiger partial charge is 0.271 e. The minimum absolute atomic E-state index is 0.0222. The third-order valence-corrected chi connectivity index (χ3v) is 2.82. The fourth-order valence-electron chi connectivity index (χ4n) is 1.11. The van der Waals surface area contributed by atoms with E-state index < -0.39 is 4.92 Å². The number of nitro groups is 1. The predicted octanol–water partition coefficient (Wildman–Crippen LogP) is 2.95. The van der Waals surface area contributed by atoms with Crippen molar-refractivity contribution in [1.29, 1.82) is 0 Å². The zero-order chi connectivity index (χ0) is 11.0. The van der Waals surface area contributed by atoms with E-state index in [-0.39, 0.29) is 10.8 Å². The molecule has 0 N–H and O–H groups in total. The first-order chi connectivity index (χ1) is 7.08. The minimum atomic E-state index is -0.483. The second-order valence-electron chi connectivity index (χ2n) is 2.74. The lowest BCUT2D eigenvalue weighted by atomic mass is 10.3. The average Bonchev–Trinajstić information content (AvgIpc) is 2.19. The molecule has 0 atom stereocenters. The summed E-state index contributed by atoms with van der Waals surface area (Å²) in [7, 11) is 0. The summed E-state index contributed by atoms with van der Waals surface area (Å²) in [5, 5.41) is 10.7. The molecule has 1 aromatic carbocycles. The quantitative estimate of drug-likeness (QED) is 0.597. The van der Waals surface area contributed by atoms with Crippen LogP contribution in [0.25, 0.3) is 11.0 Å². The summed E-state index contributed by atoms with van der Waals surface area (Å²) in [6.45, 7) is 0. The van der Waals surface area contributed by atoms with E-state index in [1.807, 2.05) is 0 Å². The van der Waals surface area contributed by atoms with Gasteiger partial charge in [0.05, 0.1) is 16.0 Å². The van der Waals surface area contributed by atoms with E-state index in [4.69, 9.17) is 11.6 Å². The van der Waals surface area contributed by atoms with Crippen LogP contribution in [0.15, 0.2) is 22.8 Å². The van der Waals surface area contributed by atoms with Crippen LogP contribution in [0.4, 0.5) is 5.69 Å². The maximum absolute atomic E-state index is 10.5. The predicted molar refractivity (Wildman–Crippen MR) is 58.9 cm³/mol. The van der Waals surface area contributed by atoms with Gasteiger partial charge in [-0.2, -0.15) is 0 Å². The molecule has 15 heavy (non-hydrogen) atoms. The smallest absolute Gasteiger partial charge is 0.258 e. The first-order valence-corrected chi connectivity index (χ1v) is 5.02. The summed E-state index contributed by atoms with van der Waals surface area (Å²) in [6.07, 6.45) is 0. The number of nitro benzene ring substituents is 1. The normalized spacial score (nSPS) is 10.5. The Bertz CT molecular complexity index is 561. The van der Waals surface area contributed by atoms with E-state index in [1.54, 1.807) is 0 Å². The maximum Gasteiger partial charge on any atom is 0.271 e. The van der Waals surface area contributed by atoms with E-state index in [0.717, 1.165) is 0 Å². The summed E-state index contributed by atoms with van der Waals surface area (Å²) in [4.78, 5) is 18.1. The summed E-state index contributed by atoms with van der Waals surface area (Å²) in [5.41, 5.74) is 0.931. The Morgan fingerprint density at radius 2 is 2.07 bits per heavy atom. The van der Waals surface area contributed by atoms with Gasteiger partial charge in [0.2, 0.25) is 0 Å². The fourth-order valence-corrected chi connectivity index (χ4v) is 1.53. The van der Waals surface area contributed by atoms with Crippen LogP contribution in [0.5, 0.6) is 0 Å². The molecule has 5 nitrogen and oxygen atoms in total. The molecule has 0 bridgehead atoms. The molecule has 0 aliphatic heterocycles. The van der Waals surface area contributed by atoms with Crippen molar-refractivity contribution in [2.45, 2.75) is 0 Å². The second-order valence-corrected chi connectivity index (χ2v) is 3.84. The number of nitrogens with zero attached hydrogens (tertiary/aromatic N) is 3. The lowest BCUT2D eigenvalue weighted by molar-refractivity contribution is -0.384. The van der Waals surface area contributed by atoms with Crippen molar-refractivity contribution in [2.24, 2.45) is 0 Å². The second kappa shape index (κ2) is 3.71. The molecule has 2 rings (SSSR count). The van der Waals surface area contributed by atoms with Crippen molar-refractivity contribution in [3.63, 3.8) is 0 Å². The Kier molecular flexibility index (Phi) is 2.54. The van der Waals surface area contributed by atoms with Gasteiger partial charge in [-0.1, -0.05) is 11.6 Å². The number of benzene rings is 1. The Morgan fingerprint density at radius 3 is 2.73 bits per heavy atom. The first-order valence-electron chi connectivity index (χ1n) is 3.85. The molecule has 0 radical (unpaired) electrons. The highest BCUT2D eigenvalue weighted by atomic mass is 79.9. The van der Waals surface area contributed by atoms with Crippen molar-refractivity contribution in [3.8, 4) is 0 Å². The van der Waals surface area contributed by atoms with Gasteiger partial charge in [-0.15, -0.1) is 0 Å². The summed E-state index contributed by atoms with van der Waals surface area (Å²) in [5.74, 6) is 0. The number of hydrogen-bond donors (Lipinski definition) is 0. The van der Waals surface area contributed by atoms with E-state index in [9.17, 15) is 10.1 Å². The van der Waals surface area contributed by atoms with Gasteiger partial charge in [0.1, 0.15) is 4.60 Å². The highest BCUT2D eigenvalue weighted by Crippen LogP contribution is 2.24. The van der Waals surface area contributed by atoms with Crippen LogP contribution >= 0.6 is 27.5 Å². The third-order valence-electron chi connectivity index (χ3n) is 1.78. The lowest BCUT2D eigenvalue weighted by Gasteiger charge is -1.99. The Balaban J connectivity index is 2.72. The highest BCUT2D eigenvalue weighted by Gasteiger charge is 2.09. The van der Waals surface area contributed by atoms with Crippen LogP contribution in [-0.4, -0.2) is 14.9 Å². The van der Waals surface area contributed by atoms with E-state index in [1.165, 1.54) is 18.2 Å². The molecule has 0 saturated carbocycles. The van der Waals surface area contributed by atoms with Crippen LogP contribution in [0.2, 0.25) is 5.15 Å². The Hall–Kier alpha value is -1.27. The minimum Gasteiger partial charge on any atom is -0.258 e. The average molecular weight is 288 g/mol. The van der Waals surface area contributed by atoms with Crippen molar-refractivity contribution >= 4 is 44.3 Å². The highest BCUT2D eigenvalue weighted by molar-refractivity contribution is 9.10. The van der Waals surface area contributed by atoms with Gasteiger partial charge in [-0.05, 0) is 22.0 Å². The van der Waals surface area contributed by atoms with Gasteiger partial charge in [-0.25, -0.2) is 9.97 Å². The standard InChI is InChI=1S/C8H3BrClN3O2/c9-7-8(10)12-5-2-1-4(13(14)15)3-6(5)11-7/h1-3H. The molecule has 0 fully saturated rings. The lowest BCUT2D eigenvalue weighted by Crippen LogP contribution is -1.91. The molecule has 0 amide bonds. The SMILES string of the molecule is O=[N+]([O-])c1ccc2nc(Cl)c(Br)nc2c1. The molecule has 0 spiro atoms. The topological polar surface area (TPSA) is 68.9 Å². The third kappa shape index (κ3) is 1.91. The number of halogens is 2. The molecule has 1 heterocycles. The van der Waals surface area contributed by atoms with E-state index in [2.05, 4.69) is 25.9 Å². The zero-order valence-corrected chi connectivity index (χ0v) is 9.49. The Labute approximate surface area is 97.4 Å². The van der Waals surface area contributed by atoms with E-state index >= 15 is 0 Å². The number of non-ortho nitro benzene ring substituents is 1. The fraction of sp³-hybridized carbons (Fsp3) is 0. The monoisotopic (exact) mass is 287 g/mol. The molecule has 0 unspecified atom stereocenters. The van der Waals surface area contributed by atoms with Crippen LogP contribution in [0, 0.1) is 10.1 Å². The Morgan fingerprint density at radius 1 is 1.33 bits per heavy atom. The molecule has 0 aliphatic rings. The number of hydrogen-bond acceptors (Lipinski definition) is 4.